The van der Waals surface area contributed by atoms with Crippen LogP contribution in [0.15, 0.2) is 48.7 Å². The predicted molar refractivity (Wildman–Crippen MR) is 202 cm³/mol. The summed E-state index contributed by atoms with van der Waals surface area (Å²) in [6.45, 7) is 6.61. The Hall–Kier alpha value is -5.86. The summed E-state index contributed by atoms with van der Waals surface area (Å²) in [4.78, 5) is 94.2. The summed E-state index contributed by atoms with van der Waals surface area (Å²) in [6, 6.07) is 12.8. The van der Waals surface area contributed by atoms with Crippen molar-refractivity contribution in [3.8, 4) is 0 Å². The number of anilines is 2. The fourth-order valence-electron chi connectivity index (χ4n) is 8.74. The van der Waals surface area contributed by atoms with Crippen LogP contribution in [0.5, 0.6) is 0 Å². The quantitative estimate of drug-likeness (QED) is 0.325. The van der Waals surface area contributed by atoms with Gasteiger partial charge in [0, 0.05) is 64.8 Å². The number of benzene rings is 2. The van der Waals surface area contributed by atoms with Crippen LogP contribution < -0.4 is 20.9 Å². The van der Waals surface area contributed by atoms with E-state index >= 15 is 0 Å². The van der Waals surface area contributed by atoms with Gasteiger partial charge in [-0.1, -0.05) is 31.2 Å². The van der Waals surface area contributed by atoms with E-state index in [9.17, 15) is 28.8 Å². The summed E-state index contributed by atoms with van der Waals surface area (Å²) < 4.78 is 0. The Bertz CT molecular complexity index is 2100. The number of piperidine rings is 3. The number of aromatic nitrogens is 2. The molecule has 6 heterocycles. The van der Waals surface area contributed by atoms with Crippen LogP contribution in [0.1, 0.15) is 93.5 Å². The summed E-state index contributed by atoms with van der Waals surface area (Å²) in [5, 5.41) is 2.24. The maximum Gasteiger partial charge on any atom is 0.320 e. The van der Waals surface area contributed by atoms with E-state index in [0.717, 1.165) is 68.0 Å². The van der Waals surface area contributed by atoms with Crippen molar-refractivity contribution in [2.75, 3.05) is 56.1 Å². The van der Waals surface area contributed by atoms with Gasteiger partial charge < -0.3 is 25.3 Å². The first-order chi connectivity index (χ1) is 26.4. The van der Waals surface area contributed by atoms with Crippen LogP contribution in [0.2, 0.25) is 0 Å². The number of carbonyl (C=O) groups is 6. The highest BCUT2D eigenvalue weighted by Crippen LogP contribution is 2.38. The third-order valence-corrected chi connectivity index (χ3v) is 12.2. The first kappa shape index (κ1) is 36.1. The van der Waals surface area contributed by atoms with Crippen LogP contribution in [-0.4, -0.2) is 119 Å². The van der Waals surface area contributed by atoms with Crippen molar-refractivity contribution in [3.05, 3.63) is 82.3 Å². The zero-order valence-corrected chi connectivity index (χ0v) is 31.1. The van der Waals surface area contributed by atoms with E-state index in [1.54, 1.807) is 23.2 Å². The maximum absolute atomic E-state index is 13.4. The van der Waals surface area contributed by atoms with E-state index in [0.29, 0.717) is 31.0 Å². The minimum Gasteiger partial charge on any atom is -0.371 e. The van der Waals surface area contributed by atoms with Crippen molar-refractivity contribution < 1.29 is 28.8 Å². The van der Waals surface area contributed by atoms with Gasteiger partial charge in [-0.3, -0.25) is 34.2 Å². The second kappa shape index (κ2) is 14.1. The Labute approximate surface area is 318 Å². The van der Waals surface area contributed by atoms with E-state index in [-0.39, 0.29) is 47.2 Å². The Balaban J connectivity index is 0.922. The Morgan fingerprint density at radius 3 is 2.35 bits per heavy atom. The maximum atomic E-state index is 13.4. The van der Waals surface area contributed by atoms with Gasteiger partial charge in [-0.2, -0.15) is 0 Å². The number of carbonyl (C=O) groups excluding carboxylic acids is 6. The molecule has 0 aliphatic carbocycles. The van der Waals surface area contributed by atoms with Gasteiger partial charge in [-0.25, -0.2) is 14.8 Å². The lowest BCUT2D eigenvalue weighted by Gasteiger charge is -2.41. The summed E-state index contributed by atoms with van der Waals surface area (Å²) in [6.07, 6.45) is 5.75. The number of urea groups is 1. The van der Waals surface area contributed by atoms with Crippen LogP contribution in [0.25, 0.3) is 0 Å². The molecule has 0 spiro atoms. The number of nitrogens with one attached hydrogen (secondary N) is 1. The Kier molecular flexibility index (Phi) is 9.26. The highest BCUT2D eigenvalue weighted by molar-refractivity contribution is 6.23. The number of nitrogens with two attached hydrogens (primary N) is 1. The molecule has 7 amide bonds. The first-order valence-electron chi connectivity index (χ1n) is 19.0. The van der Waals surface area contributed by atoms with Gasteiger partial charge in [0.1, 0.15) is 17.6 Å². The number of hydrogen-bond acceptors (Lipinski definition) is 10. The molecule has 15 nitrogen and oxygen atoms in total. The number of rotatable bonds is 8. The topological polar surface area (TPSA) is 182 Å². The van der Waals surface area contributed by atoms with Crippen LogP contribution in [0.4, 0.5) is 16.3 Å². The SMILES string of the molecule is CN1CCN([C@@H]2CCCN(c3cnc(C(N)=O)c(Cc4ccc(C5(C)CCN(c6ccc7c(c6)C(=O)N(C6CCC(=O)NC6=O)C7=O)CC5)cc4)n3)C2)C1=O. The lowest BCUT2D eigenvalue weighted by Crippen LogP contribution is -2.54. The number of likely N-dealkylation sites (N-methyl/N-ethyl adjacent to an activating group) is 1. The van der Waals surface area contributed by atoms with Crippen LogP contribution >= 0.6 is 0 Å². The van der Waals surface area contributed by atoms with Crippen LogP contribution in [-0.2, 0) is 21.4 Å². The normalized spacial score (nSPS) is 22.7. The molecule has 2 aromatic carbocycles. The highest BCUT2D eigenvalue weighted by Gasteiger charge is 2.45. The molecule has 55 heavy (non-hydrogen) atoms. The van der Waals surface area contributed by atoms with Crippen molar-refractivity contribution in [1.29, 1.82) is 0 Å². The van der Waals surface area contributed by atoms with E-state index in [1.165, 1.54) is 5.56 Å². The molecule has 5 aliphatic heterocycles. The molecule has 286 valence electrons. The molecule has 2 atom stereocenters. The average Bonchev–Trinajstić information content (AvgIpc) is 3.64. The van der Waals surface area contributed by atoms with E-state index in [2.05, 4.69) is 51.3 Å². The standard InChI is InChI=1S/C40H45N9O6/c1-40(13-16-46(17-14-40)26-9-10-28-29(21-26)38(54)49(37(28)53)31-11-12-33(50)44-36(31)52)25-7-5-24(6-8-25)20-30-34(35(41)51)42-22-32(43-30)47-15-3-4-27(23-47)48-19-18-45(2)39(48)55/h5-10,21-22,27,31H,3-4,11-20,23H2,1-2H3,(H2,41,51)(H,44,50,52)/t27-,31?/m1/s1. The lowest BCUT2D eigenvalue weighted by molar-refractivity contribution is -0.136. The van der Waals surface area contributed by atoms with Crippen molar-refractivity contribution >= 4 is 47.1 Å². The van der Waals surface area contributed by atoms with Crippen molar-refractivity contribution in [1.82, 2.24) is 30.0 Å². The molecule has 4 saturated heterocycles. The summed E-state index contributed by atoms with van der Waals surface area (Å²) in [7, 11) is 1.83. The first-order valence-corrected chi connectivity index (χ1v) is 19.0. The zero-order chi connectivity index (χ0) is 38.6. The van der Waals surface area contributed by atoms with Gasteiger partial charge in [0.15, 0.2) is 0 Å². The lowest BCUT2D eigenvalue weighted by atomic mass is 9.74. The number of nitrogens with zero attached hydrogens (tertiary/aromatic N) is 7. The Morgan fingerprint density at radius 1 is 0.909 bits per heavy atom. The molecule has 4 fully saturated rings. The number of primary amides is 1. The predicted octanol–water partition coefficient (Wildman–Crippen LogP) is 2.46. The summed E-state index contributed by atoms with van der Waals surface area (Å²) in [5.74, 6) is -2.01. The van der Waals surface area contributed by atoms with Crippen molar-refractivity contribution in [3.63, 3.8) is 0 Å². The number of fused-ring (bicyclic) bond motifs is 1. The third-order valence-electron chi connectivity index (χ3n) is 12.2. The summed E-state index contributed by atoms with van der Waals surface area (Å²) >= 11 is 0. The van der Waals surface area contributed by atoms with Crippen molar-refractivity contribution in [2.45, 2.75) is 69.4 Å². The van der Waals surface area contributed by atoms with Crippen LogP contribution in [0.3, 0.4) is 0 Å². The van der Waals surface area contributed by atoms with E-state index in [4.69, 9.17) is 10.7 Å². The molecule has 1 unspecified atom stereocenters. The molecular weight excluding hydrogens is 702 g/mol. The van der Waals surface area contributed by atoms with Crippen LogP contribution in [0, 0.1) is 0 Å². The molecule has 0 saturated carbocycles. The second-order valence-corrected chi connectivity index (χ2v) is 15.6. The van der Waals surface area contributed by atoms with Gasteiger partial charge in [-0.15, -0.1) is 0 Å². The molecular formula is C40H45N9O6. The van der Waals surface area contributed by atoms with E-state index in [1.807, 2.05) is 18.0 Å². The number of imide groups is 2. The molecule has 5 aliphatic rings. The minimum atomic E-state index is -0.997. The van der Waals surface area contributed by atoms with E-state index < -0.39 is 35.6 Å². The zero-order valence-electron chi connectivity index (χ0n) is 31.1. The molecule has 3 N–H and O–H groups in total. The molecule has 8 rings (SSSR count). The third kappa shape index (κ3) is 6.65. The average molecular weight is 748 g/mol. The Morgan fingerprint density at radius 2 is 1.65 bits per heavy atom. The fourth-order valence-corrected chi connectivity index (χ4v) is 8.74. The smallest absolute Gasteiger partial charge is 0.320 e. The molecule has 0 bridgehead atoms. The monoisotopic (exact) mass is 747 g/mol. The van der Waals surface area contributed by atoms with Gasteiger partial charge in [-0.05, 0) is 66.8 Å². The van der Waals surface area contributed by atoms with Gasteiger partial charge in [0.25, 0.3) is 17.7 Å². The molecule has 1 aromatic heterocycles. The molecule has 0 radical (unpaired) electrons. The second-order valence-electron chi connectivity index (χ2n) is 15.6. The van der Waals surface area contributed by atoms with Gasteiger partial charge >= 0.3 is 6.03 Å². The molecule has 3 aromatic rings. The van der Waals surface area contributed by atoms with Crippen molar-refractivity contribution in [2.24, 2.45) is 5.73 Å². The van der Waals surface area contributed by atoms with Gasteiger partial charge in [0.05, 0.1) is 29.1 Å². The van der Waals surface area contributed by atoms with Gasteiger partial charge in [0.2, 0.25) is 11.8 Å². The highest BCUT2D eigenvalue weighted by atomic mass is 16.2. The number of hydrogen-bond donors (Lipinski definition) is 2. The molecule has 15 heteroatoms. The largest absolute Gasteiger partial charge is 0.371 e. The summed E-state index contributed by atoms with van der Waals surface area (Å²) in [5.41, 5.74) is 9.87. The fraction of sp³-hybridized carbons (Fsp3) is 0.450. The minimum absolute atomic E-state index is 0.0580. The number of amides is 7.